The first-order valence-electron chi connectivity index (χ1n) is 4.95. The Hall–Kier alpha value is -1.10. The highest BCUT2D eigenvalue weighted by atomic mass is 16.6. The molecule has 1 saturated heterocycles. The van der Waals surface area contributed by atoms with E-state index in [0.29, 0.717) is 13.0 Å². The monoisotopic (exact) mass is 215 g/mol. The Morgan fingerprint density at radius 3 is 2.27 bits per heavy atom. The summed E-state index contributed by atoms with van der Waals surface area (Å²) in [5.41, 5.74) is -1.66. The van der Waals surface area contributed by atoms with Crippen molar-refractivity contribution in [2.24, 2.45) is 0 Å². The van der Waals surface area contributed by atoms with Crippen molar-refractivity contribution in [3.8, 4) is 0 Å². The lowest BCUT2D eigenvalue weighted by molar-refractivity contribution is -0.164. The quantitative estimate of drug-likeness (QED) is 0.672. The normalized spacial score (nSPS) is 25.5. The number of aliphatic carboxylic acids is 1. The molecule has 5 heteroatoms. The molecule has 1 aliphatic rings. The smallest absolute Gasteiger partial charge is 0.324 e. The van der Waals surface area contributed by atoms with E-state index in [1.165, 1.54) is 0 Å². The van der Waals surface area contributed by atoms with Gasteiger partial charge >= 0.3 is 11.9 Å². The second kappa shape index (κ2) is 3.81. The number of carboxylic acid groups (broad SMARTS) is 1. The average molecular weight is 215 g/mol. The minimum Gasteiger partial charge on any atom is -0.480 e. The second-order valence-corrected chi connectivity index (χ2v) is 4.83. The highest BCUT2D eigenvalue weighted by Crippen LogP contribution is 2.25. The predicted octanol–water partition coefficient (Wildman–Crippen LogP) is 0.535. The number of rotatable bonds is 3. The average Bonchev–Trinajstić information content (AvgIpc) is 1.92. The van der Waals surface area contributed by atoms with Crippen molar-refractivity contribution in [3.05, 3.63) is 0 Å². The first kappa shape index (κ1) is 12.0. The van der Waals surface area contributed by atoms with Crippen LogP contribution in [0.1, 0.15) is 33.6 Å². The van der Waals surface area contributed by atoms with Crippen molar-refractivity contribution in [1.82, 2.24) is 5.32 Å². The fourth-order valence-corrected chi connectivity index (χ4v) is 1.46. The van der Waals surface area contributed by atoms with E-state index in [1.54, 1.807) is 20.8 Å². The molecule has 0 saturated carbocycles. The van der Waals surface area contributed by atoms with E-state index in [-0.39, 0.29) is 6.42 Å². The molecule has 0 aliphatic carbocycles. The first-order valence-corrected chi connectivity index (χ1v) is 4.95. The molecule has 0 aromatic rings. The van der Waals surface area contributed by atoms with Gasteiger partial charge in [0.2, 0.25) is 0 Å². The predicted molar refractivity (Wildman–Crippen MR) is 53.4 cm³/mol. The van der Waals surface area contributed by atoms with Gasteiger partial charge < -0.3 is 15.2 Å². The molecule has 0 bridgehead atoms. The van der Waals surface area contributed by atoms with Crippen molar-refractivity contribution in [2.45, 2.75) is 44.8 Å². The summed E-state index contributed by atoms with van der Waals surface area (Å²) in [6, 6.07) is 0. The summed E-state index contributed by atoms with van der Waals surface area (Å²) in [5, 5.41) is 11.7. The number of hydrogen-bond acceptors (Lipinski definition) is 4. The van der Waals surface area contributed by atoms with Gasteiger partial charge in [0.25, 0.3) is 0 Å². The molecule has 0 radical (unpaired) electrons. The van der Waals surface area contributed by atoms with E-state index in [2.05, 4.69) is 5.32 Å². The highest BCUT2D eigenvalue weighted by Gasteiger charge is 2.46. The molecule has 86 valence electrons. The zero-order valence-corrected chi connectivity index (χ0v) is 9.29. The van der Waals surface area contributed by atoms with Crippen LogP contribution in [0.3, 0.4) is 0 Å². The Kier molecular flexibility index (Phi) is 3.04. The number of hydrogen-bond donors (Lipinski definition) is 2. The number of esters is 1. The summed E-state index contributed by atoms with van der Waals surface area (Å²) < 4.78 is 5.08. The summed E-state index contributed by atoms with van der Waals surface area (Å²) in [6.45, 7) is 5.90. The lowest BCUT2D eigenvalue weighted by Crippen LogP contribution is -2.63. The second-order valence-electron chi connectivity index (χ2n) is 4.83. The van der Waals surface area contributed by atoms with Crippen LogP contribution in [0.5, 0.6) is 0 Å². The van der Waals surface area contributed by atoms with E-state index in [4.69, 9.17) is 9.84 Å². The van der Waals surface area contributed by atoms with E-state index in [9.17, 15) is 9.59 Å². The fourth-order valence-electron chi connectivity index (χ4n) is 1.46. The third-order valence-electron chi connectivity index (χ3n) is 2.29. The molecule has 1 atom stereocenters. The Bertz CT molecular complexity index is 276. The SMILES string of the molecule is CC(C)(C)OC(=O)CC1(C(=O)O)CCN1. The maximum atomic E-state index is 11.4. The molecule has 2 N–H and O–H groups in total. The topological polar surface area (TPSA) is 75.6 Å². The maximum absolute atomic E-state index is 11.4. The minimum absolute atomic E-state index is 0.112. The number of nitrogens with one attached hydrogen (secondary N) is 1. The summed E-state index contributed by atoms with van der Waals surface area (Å²) in [6.07, 6.45) is 0.362. The first-order chi connectivity index (χ1) is 6.75. The van der Waals surface area contributed by atoms with Gasteiger partial charge in [0, 0.05) is 0 Å². The summed E-state index contributed by atoms with van der Waals surface area (Å²) in [7, 11) is 0. The molecule has 0 aromatic heterocycles. The number of carbonyl (C=O) groups excluding carboxylic acids is 1. The number of ether oxygens (including phenoxy) is 1. The zero-order chi connectivity index (χ0) is 11.7. The molecule has 1 fully saturated rings. The van der Waals surface area contributed by atoms with Crippen LogP contribution < -0.4 is 5.32 Å². The third-order valence-corrected chi connectivity index (χ3v) is 2.29. The molecule has 1 heterocycles. The molecule has 5 nitrogen and oxygen atoms in total. The van der Waals surface area contributed by atoms with Crippen LogP contribution in [0.25, 0.3) is 0 Å². The Morgan fingerprint density at radius 1 is 1.47 bits per heavy atom. The summed E-state index contributed by atoms with van der Waals surface area (Å²) in [4.78, 5) is 22.4. The molecule has 15 heavy (non-hydrogen) atoms. The minimum atomic E-state index is -1.09. The molecular weight excluding hydrogens is 198 g/mol. The lowest BCUT2D eigenvalue weighted by atomic mass is 9.84. The van der Waals surface area contributed by atoms with E-state index in [1.807, 2.05) is 0 Å². The van der Waals surface area contributed by atoms with Crippen molar-refractivity contribution >= 4 is 11.9 Å². The van der Waals surface area contributed by atoms with Crippen LogP contribution in [-0.4, -0.2) is 34.7 Å². The summed E-state index contributed by atoms with van der Waals surface area (Å²) >= 11 is 0. The van der Waals surface area contributed by atoms with Crippen LogP contribution in [0.4, 0.5) is 0 Å². The van der Waals surface area contributed by atoms with Crippen molar-refractivity contribution < 1.29 is 19.4 Å². The Morgan fingerprint density at radius 2 is 2.00 bits per heavy atom. The van der Waals surface area contributed by atoms with Crippen molar-refractivity contribution in [3.63, 3.8) is 0 Å². The summed E-state index contributed by atoms with van der Waals surface area (Å²) in [5.74, 6) is -1.46. The van der Waals surface area contributed by atoms with Gasteiger partial charge in [-0.1, -0.05) is 0 Å². The lowest BCUT2D eigenvalue weighted by Gasteiger charge is -2.38. The number of carboxylic acids is 1. The third kappa shape index (κ3) is 2.92. The van der Waals surface area contributed by atoms with E-state index in [0.717, 1.165) is 0 Å². The van der Waals surface area contributed by atoms with Crippen molar-refractivity contribution in [2.75, 3.05) is 6.54 Å². The number of carbonyl (C=O) groups is 2. The van der Waals surface area contributed by atoms with Gasteiger partial charge in [0.05, 0.1) is 6.42 Å². The van der Waals surface area contributed by atoms with Gasteiger partial charge in [-0.25, -0.2) is 0 Å². The fraction of sp³-hybridized carbons (Fsp3) is 0.800. The van der Waals surface area contributed by atoms with E-state index < -0.39 is 23.1 Å². The molecular formula is C10H17NO4. The molecule has 1 aliphatic heterocycles. The Balaban J connectivity index is 2.54. The van der Waals surface area contributed by atoms with Gasteiger partial charge in [-0.05, 0) is 33.7 Å². The maximum Gasteiger partial charge on any atom is 0.324 e. The molecule has 0 aromatic carbocycles. The van der Waals surface area contributed by atoms with Crippen LogP contribution >= 0.6 is 0 Å². The molecule has 0 amide bonds. The van der Waals surface area contributed by atoms with E-state index >= 15 is 0 Å². The van der Waals surface area contributed by atoms with Gasteiger partial charge in [-0.3, -0.25) is 9.59 Å². The van der Waals surface area contributed by atoms with Crippen LogP contribution in [0.2, 0.25) is 0 Å². The van der Waals surface area contributed by atoms with Crippen LogP contribution in [0.15, 0.2) is 0 Å². The largest absolute Gasteiger partial charge is 0.480 e. The highest BCUT2D eigenvalue weighted by molar-refractivity contribution is 5.86. The van der Waals surface area contributed by atoms with Gasteiger partial charge in [0.1, 0.15) is 11.1 Å². The van der Waals surface area contributed by atoms with Crippen LogP contribution in [-0.2, 0) is 14.3 Å². The molecule has 1 rings (SSSR count). The van der Waals surface area contributed by atoms with Crippen LogP contribution in [0, 0.1) is 0 Å². The van der Waals surface area contributed by atoms with Gasteiger partial charge in [-0.15, -0.1) is 0 Å². The van der Waals surface area contributed by atoms with Gasteiger partial charge in [-0.2, -0.15) is 0 Å². The molecule has 0 spiro atoms. The Labute approximate surface area is 88.8 Å². The molecule has 1 unspecified atom stereocenters. The van der Waals surface area contributed by atoms with Gasteiger partial charge in [0.15, 0.2) is 0 Å². The van der Waals surface area contributed by atoms with Crippen molar-refractivity contribution in [1.29, 1.82) is 0 Å². The zero-order valence-electron chi connectivity index (χ0n) is 9.29. The standard InChI is InChI=1S/C10H17NO4/c1-9(2,3)15-7(12)6-10(8(13)14)4-5-11-10/h11H,4-6H2,1-3H3,(H,13,14).